The smallest absolute Gasteiger partial charge is 0.266 e. The van der Waals surface area contributed by atoms with E-state index in [0.717, 1.165) is 16.9 Å². The predicted octanol–water partition coefficient (Wildman–Crippen LogP) is 2.52. The minimum atomic E-state index is -0.217. The second-order valence-corrected chi connectivity index (χ2v) is 7.94. The van der Waals surface area contributed by atoms with E-state index < -0.39 is 0 Å². The number of aromatic amines is 1. The van der Waals surface area contributed by atoms with E-state index >= 15 is 0 Å². The van der Waals surface area contributed by atoms with Gasteiger partial charge in [0, 0.05) is 44.2 Å². The van der Waals surface area contributed by atoms with Gasteiger partial charge in [0.2, 0.25) is 5.91 Å². The summed E-state index contributed by atoms with van der Waals surface area (Å²) in [7, 11) is 0. The lowest BCUT2D eigenvalue weighted by atomic mass is 9.91. The van der Waals surface area contributed by atoms with Crippen molar-refractivity contribution >= 4 is 11.6 Å². The van der Waals surface area contributed by atoms with Crippen LogP contribution in [0.25, 0.3) is 11.3 Å². The normalized spacial score (nSPS) is 15.2. The van der Waals surface area contributed by atoms with E-state index in [1.807, 2.05) is 35.2 Å². The van der Waals surface area contributed by atoms with Gasteiger partial charge >= 0.3 is 0 Å². The Morgan fingerprint density at radius 2 is 1.77 bits per heavy atom. The third kappa shape index (κ3) is 4.31. The van der Waals surface area contributed by atoms with Gasteiger partial charge in [-0.05, 0) is 5.41 Å². The molecule has 2 heterocycles. The molecule has 1 aliphatic heterocycles. The lowest BCUT2D eigenvalue weighted by Gasteiger charge is -2.37. The summed E-state index contributed by atoms with van der Waals surface area (Å²) in [6.45, 7) is 8.95. The van der Waals surface area contributed by atoms with Gasteiger partial charge in [-0.3, -0.25) is 9.59 Å². The maximum atomic E-state index is 12.4. The molecule has 0 radical (unpaired) electrons. The van der Waals surface area contributed by atoms with E-state index in [9.17, 15) is 9.59 Å². The minimum Gasteiger partial charge on any atom is -0.366 e. The number of nitrogens with zero attached hydrogens (tertiary/aromatic N) is 3. The summed E-state index contributed by atoms with van der Waals surface area (Å²) < 4.78 is 0. The zero-order valence-electron chi connectivity index (χ0n) is 15.7. The molecule has 0 unspecified atom stereocenters. The fourth-order valence-corrected chi connectivity index (χ4v) is 3.20. The average molecular weight is 354 g/mol. The lowest BCUT2D eigenvalue weighted by Crippen LogP contribution is -2.49. The van der Waals surface area contributed by atoms with Crippen LogP contribution in [0.5, 0.6) is 0 Å². The van der Waals surface area contributed by atoms with Crippen molar-refractivity contribution in [1.82, 2.24) is 15.1 Å². The number of hydrogen-bond donors (Lipinski definition) is 1. The Balaban J connectivity index is 1.77. The Bertz CT molecular complexity index is 816. The van der Waals surface area contributed by atoms with Crippen LogP contribution in [0.1, 0.15) is 27.2 Å². The molecule has 0 aliphatic carbocycles. The number of piperazine rings is 1. The largest absolute Gasteiger partial charge is 0.366 e. The minimum absolute atomic E-state index is 0.00859. The molecule has 6 heteroatoms. The van der Waals surface area contributed by atoms with Crippen LogP contribution in [0.2, 0.25) is 0 Å². The highest BCUT2D eigenvalue weighted by Gasteiger charge is 2.26. The van der Waals surface area contributed by atoms with Crippen molar-refractivity contribution in [3.63, 3.8) is 0 Å². The summed E-state index contributed by atoms with van der Waals surface area (Å²) in [5.74, 6) is 0.199. The predicted molar refractivity (Wildman–Crippen MR) is 103 cm³/mol. The Morgan fingerprint density at radius 1 is 1.12 bits per heavy atom. The highest BCUT2D eigenvalue weighted by atomic mass is 16.2. The summed E-state index contributed by atoms with van der Waals surface area (Å²) in [4.78, 5) is 28.3. The van der Waals surface area contributed by atoms with Crippen LogP contribution in [0.15, 0.2) is 41.2 Å². The molecule has 26 heavy (non-hydrogen) atoms. The number of aromatic nitrogens is 2. The van der Waals surface area contributed by atoms with Gasteiger partial charge in [-0.1, -0.05) is 51.1 Å². The summed E-state index contributed by atoms with van der Waals surface area (Å²) in [6, 6.07) is 11.4. The molecule has 1 fully saturated rings. The molecule has 0 bridgehead atoms. The molecular weight excluding hydrogens is 328 g/mol. The van der Waals surface area contributed by atoms with E-state index in [4.69, 9.17) is 0 Å². The molecule has 6 nitrogen and oxygen atoms in total. The lowest BCUT2D eigenvalue weighted by molar-refractivity contribution is -0.133. The fourth-order valence-electron chi connectivity index (χ4n) is 3.20. The number of hydrogen-bond acceptors (Lipinski definition) is 4. The maximum absolute atomic E-state index is 12.4. The first-order valence-corrected chi connectivity index (χ1v) is 9.01. The number of rotatable bonds is 3. The number of H-pyrrole nitrogens is 1. The van der Waals surface area contributed by atoms with E-state index in [0.29, 0.717) is 32.6 Å². The molecule has 1 amide bonds. The molecule has 2 aromatic rings. The van der Waals surface area contributed by atoms with Gasteiger partial charge in [-0.15, -0.1) is 0 Å². The van der Waals surface area contributed by atoms with Gasteiger partial charge in [-0.2, -0.15) is 5.10 Å². The van der Waals surface area contributed by atoms with Crippen molar-refractivity contribution in [2.45, 2.75) is 27.2 Å². The van der Waals surface area contributed by atoms with Crippen LogP contribution < -0.4 is 10.5 Å². The highest BCUT2D eigenvalue weighted by Crippen LogP contribution is 2.28. The number of anilines is 1. The van der Waals surface area contributed by atoms with Gasteiger partial charge < -0.3 is 9.80 Å². The van der Waals surface area contributed by atoms with Crippen molar-refractivity contribution < 1.29 is 4.79 Å². The standard InChI is InChI=1S/C20H26N4O2/c1-20(2,3)14-18(26)24-11-9-23(10-12-24)16-13-17(25)21-22-19(16)15-7-5-4-6-8-15/h4-8,13H,9-12,14H2,1-3H3,(H,21,25). The maximum Gasteiger partial charge on any atom is 0.266 e. The fraction of sp³-hybridized carbons (Fsp3) is 0.450. The first kappa shape index (κ1) is 18.2. The molecule has 1 aromatic heterocycles. The van der Waals surface area contributed by atoms with Crippen molar-refractivity contribution in [2.24, 2.45) is 5.41 Å². The van der Waals surface area contributed by atoms with E-state index in [-0.39, 0.29) is 16.9 Å². The third-order valence-electron chi connectivity index (χ3n) is 4.49. The van der Waals surface area contributed by atoms with Gasteiger partial charge in [0.1, 0.15) is 5.69 Å². The van der Waals surface area contributed by atoms with Gasteiger partial charge in [0.25, 0.3) is 5.56 Å². The molecule has 1 aliphatic rings. The van der Waals surface area contributed by atoms with Crippen molar-refractivity contribution in [3.05, 3.63) is 46.8 Å². The Hall–Kier alpha value is -2.63. The third-order valence-corrected chi connectivity index (χ3v) is 4.49. The Labute approximate surface area is 153 Å². The van der Waals surface area contributed by atoms with Crippen LogP contribution >= 0.6 is 0 Å². The zero-order valence-corrected chi connectivity index (χ0v) is 15.7. The Morgan fingerprint density at radius 3 is 2.38 bits per heavy atom. The number of nitrogens with one attached hydrogen (secondary N) is 1. The zero-order chi connectivity index (χ0) is 18.7. The van der Waals surface area contributed by atoms with Crippen molar-refractivity contribution in [3.8, 4) is 11.3 Å². The SMILES string of the molecule is CC(C)(C)CC(=O)N1CCN(c2cc(=O)[nH]nc2-c2ccccc2)CC1. The molecule has 1 aromatic carbocycles. The monoisotopic (exact) mass is 354 g/mol. The molecular formula is C20H26N4O2. The second kappa shape index (κ2) is 7.32. The van der Waals surface area contributed by atoms with Crippen LogP contribution in [0.3, 0.4) is 0 Å². The quantitative estimate of drug-likeness (QED) is 0.920. The summed E-state index contributed by atoms with van der Waals surface area (Å²) >= 11 is 0. The van der Waals surface area contributed by atoms with Crippen LogP contribution in [0, 0.1) is 5.41 Å². The van der Waals surface area contributed by atoms with E-state index in [1.54, 1.807) is 6.07 Å². The molecule has 1 N–H and O–H groups in total. The first-order valence-electron chi connectivity index (χ1n) is 9.01. The molecule has 0 atom stereocenters. The van der Waals surface area contributed by atoms with Crippen molar-refractivity contribution in [1.29, 1.82) is 0 Å². The molecule has 0 spiro atoms. The van der Waals surface area contributed by atoms with Gasteiger partial charge in [0.15, 0.2) is 0 Å². The number of amides is 1. The molecule has 1 saturated heterocycles. The van der Waals surface area contributed by atoms with Gasteiger partial charge in [0.05, 0.1) is 5.69 Å². The van der Waals surface area contributed by atoms with E-state index in [2.05, 4.69) is 35.9 Å². The summed E-state index contributed by atoms with van der Waals surface area (Å²) in [6.07, 6.45) is 0.550. The number of benzene rings is 1. The highest BCUT2D eigenvalue weighted by molar-refractivity contribution is 5.78. The topological polar surface area (TPSA) is 69.3 Å². The van der Waals surface area contributed by atoms with Gasteiger partial charge in [-0.25, -0.2) is 5.10 Å². The number of carbonyl (C=O) groups excluding carboxylic acids is 1. The Kier molecular flexibility index (Phi) is 5.11. The molecule has 0 saturated carbocycles. The van der Waals surface area contributed by atoms with Crippen LogP contribution in [-0.4, -0.2) is 47.2 Å². The van der Waals surface area contributed by atoms with Crippen LogP contribution in [-0.2, 0) is 4.79 Å². The first-order chi connectivity index (χ1) is 12.3. The summed E-state index contributed by atoms with van der Waals surface area (Å²) in [5, 5.41) is 6.80. The second-order valence-electron chi connectivity index (χ2n) is 7.94. The molecule has 138 valence electrons. The van der Waals surface area contributed by atoms with Crippen LogP contribution in [0.4, 0.5) is 5.69 Å². The molecule has 3 rings (SSSR count). The van der Waals surface area contributed by atoms with E-state index in [1.165, 1.54) is 0 Å². The number of carbonyl (C=O) groups is 1. The average Bonchev–Trinajstić information content (AvgIpc) is 2.61. The van der Waals surface area contributed by atoms with Crippen molar-refractivity contribution in [2.75, 3.05) is 31.1 Å². The summed E-state index contributed by atoms with van der Waals surface area (Å²) in [5.41, 5.74) is 2.32.